The van der Waals surface area contributed by atoms with Crippen LogP contribution >= 0.6 is 24.8 Å². The first-order valence-corrected chi connectivity index (χ1v) is 3.10. The molecule has 11 heavy (non-hydrogen) atoms. The standard InChI is InChI=1S/C7H12O2.2ClH/c1-2-3-4-5-6-7(8)9;;/h2-3H,4-6H2,1H3,(H,8,9);2*1H. The van der Waals surface area contributed by atoms with Crippen molar-refractivity contribution in [1.82, 2.24) is 0 Å². The van der Waals surface area contributed by atoms with E-state index in [1.807, 2.05) is 19.1 Å². The van der Waals surface area contributed by atoms with E-state index in [4.69, 9.17) is 5.11 Å². The van der Waals surface area contributed by atoms with Crippen LogP contribution in [0.3, 0.4) is 0 Å². The lowest BCUT2D eigenvalue weighted by molar-refractivity contribution is -0.137. The first kappa shape index (κ1) is 17.0. The molecule has 0 aliphatic heterocycles. The predicted octanol–water partition coefficient (Wildman–Crippen LogP) is 2.66. The monoisotopic (exact) mass is 200 g/mol. The Morgan fingerprint density at radius 3 is 2.36 bits per heavy atom. The van der Waals surface area contributed by atoms with Crippen LogP contribution < -0.4 is 0 Å². The van der Waals surface area contributed by atoms with Crippen LogP contribution in [-0.2, 0) is 4.79 Å². The molecule has 0 aromatic carbocycles. The first-order chi connectivity index (χ1) is 4.27. The van der Waals surface area contributed by atoms with E-state index < -0.39 is 5.97 Å². The van der Waals surface area contributed by atoms with Gasteiger partial charge in [-0.2, -0.15) is 0 Å². The number of carboxylic acids is 1. The van der Waals surface area contributed by atoms with Crippen molar-refractivity contribution in [3.8, 4) is 0 Å². The lowest BCUT2D eigenvalue weighted by Crippen LogP contribution is -1.92. The number of rotatable bonds is 4. The minimum atomic E-state index is -0.709. The van der Waals surface area contributed by atoms with Crippen LogP contribution in [-0.4, -0.2) is 11.1 Å². The second kappa shape index (κ2) is 12.5. The fraction of sp³-hybridized carbons (Fsp3) is 0.571. The summed E-state index contributed by atoms with van der Waals surface area (Å²) < 4.78 is 0. The Balaban J connectivity index is -0.000000320. The van der Waals surface area contributed by atoms with Gasteiger partial charge in [-0.1, -0.05) is 12.2 Å². The zero-order valence-corrected chi connectivity index (χ0v) is 8.08. The normalized spacial score (nSPS) is 8.45. The highest BCUT2D eigenvalue weighted by Gasteiger charge is 1.92. The van der Waals surface area contributed by atoms with Gasteiger partial charge in [0.05, 0.1) is 0 Å². The van der Waals surface area contributed by atoms with Gasteiger partial charge < -0.3 is 5.11 Å². The van der Waals surface area contributed by atoms with Crippen molar-refractivity contribution in [3.05, 3.63) is 12.2 Å². The molecule has 1 N–H and O–H groups in total. The Kier molecular flexibility index (Phi) is 19.3. The molecule has 0 bridgehead atoms. The molecule has 0 aromatic heterocycles. The number of hydrogen-bond donors (Lipinski definition) is 1. The maximum Gasteiger partial charge on any atom is 0.303 e. The maximum absolute atomic E-state index is 9.94. The van der Waals surface area contributed by atoms with Gasteiger partial charge in [0.25, 0.3) is 0 Å². The smallest absolute Gasteiger partial charge is 0.303 e. The van der Waals surface area contributed by atoms with Gasteiger partial charge in [0.2, 0.25) is 0 Å². The Hall–Kier alpha value is -0.210. The number of halogens is 2. The Morgan fingerprint density at radius 2 is 2.00 bits per heavy atom. The van der Waals surface area contributed by atoms with Gasteiger partial charge >= 0.3 is 5.97 Å². The van der Waals surface area contributed by atoms with Crippen LogP contribution in [0.25, 0.3) is 0 Å². The third-order valence-electron chi connectivity index (χ3n) is 0.997. The minimum Gasteiger partial charge on any atom is -0.481 e. The molecule has 0 saturated carbocycles. The summed E-state index contributed by atoms with van der Waals surface area (Å²) >= 11 is 0. The SMILES string of the molecule is CC=CCCCC(=O)O.Cl.Cl. The van der Waals surface area contributed by atoms with Crippen molar-refractivity contribution in [2.75, 3.05) is 0 Å². The van der Waals surface area contributed by atoms with Crippen molar-refractivity contribution < 1.29 is 9.90 Å². The summed E-state index contributed by atoms with van der Waals surface area (Å²) in [4.78, 5) is 9.94. The molecule has 0 fully saturated rings. The maximum atomic E-state index is 9.94. The van der Waals surface area contributed by atoms with Gasteiger partial charge in [-0.05, 0) is 19.8 Å². The van der Waals surface area contributed by atoms with Crippen LogP contribution in [0, 0.1) is 0 Å². The van der Waals surface area contributed by atoms with Crippen molar-refractivity contribution >= 4 is 30.8 Å². The summed E-state index contributed by atoms with van der Waals surface area (Å²) in [6.07, 6.45) is 5.82. The molecule has 0 unspecified atom stereocenters. The van der Waals surface area contributed by atoms with Crippen LogP contribution in [0.2, 0.25) is 0 Å². The average molecular weight is 201 g/mol. The highest BCUT2D eigenvalue weighted by Crippen LogP contribution is 1.95. The van der Waals surface area contributed by atoms with Crippen molar-refractivity contribution in [1.29, 1.82) is 0 Å². The molecule has 2 nitrogen and oxygen atoms in total. The van der Waals surface area contributed by atoms with E-state index >= 15 is 0 Å². The molecule has 0 amide bonds. The molecule has 0 saturated heterocycles. The highest BCUT2D eigenvalue weighted by atomic mass is 35.5. The lowest BCUT2D eigenvalue weighted by atomic mass is 10.2. The molecular weight excluding hydrogens is 187 g/mol. The van der Waals surface area contributed by atoms with E-state index in [1.54, 1.807) is 0 Å². The highest BCUT2D eigenvalue weighted by molar-refractivity contribution is 5.85. The second-order valence-electron chi connectivity index (χ2n) is 1.86. The summed E-state index contributed by atoms with van der Waals surface area (Å²) in [6.45, 7) is 1.93. The number of allylic oxidation sites excluding steroid dienone is 2. The molecule has 0 aliphatic rings. The fourth-order valence-corrected chi connectivity index (χ4v) is 0.538. The van der Waals surface area contributed by atoms with Gasteiger partial charge in [0.15, 0.2) is 0 Å². The van der Waals surface area contributed by atoms with Gasteiger partial charge in [-0.15, -0.1) is 24.8 Å². The fourth-order valence-electron chi connectivity index (χ4n) is 0.538. The molecular formula is C7H14Cl2O2. The summed E-state index contributed by atoms with van der Waals surface area (Å²) in [6, 6.07) is 0. The van der Waals surface area contributed by atoms with Crippen molar-refractivity contribution in [2.24, 2.45) is 0 Å². The van der Waals surface area contributed by atoms with Gasteiger partial charge in [-0.25, -0.2) is 0 Å². The van der Waals surface area contributed by atoms with Gasteiger partial charge in [-0.3, -0.25) is 4.79 Å². The van der Waals surface area contributed by atoms with E-state index in [2.05, 4.69) is 0 Å². The van der Waals surface area contributed by atoms with Crippen LogP contribution in [0.15, 0.2) is 12.2 Å². The summed E-state index contributed by atoms with van der Waals surface area (Å²) in [5, 5.41) is 8.19. The molecule has 0 spiro atoms. The Morgan fingerprint density at radius 1 is 1.45 bits per heavy atom. The lowest BCUT2D eigenvalue weighted by Gasteiger charge is -1.88. The predicted molar refractivity (Wildman–Crippen MR) is 50.8 cm³/mol. The Labute approximate surface area is 79.5 Å². The van der Waals surface area contributed by atoms with Crippen LogP contribution in [0.5, 0.6) is 0 Å². The first-order valence-electron chi connectivity index (χ1n) is 3.10. The van der Waals surface area contributed by atoms with E-state index in [9.17, 15) is 4.79 Å². The molecule has 0 aromatic rings. The van der Waals surface area contributed by atoms with Gasteiger partial charge in [0.1, 0.15) is 0 Å². The molecule has 0 aliphatic carbocycles. The molecule has 4 heteroatoms. The average Bonchev–Trinajstić information content (AvgIpc) is 1.80. The second-order valence-corrected chi connectivity index (χ2v) is 1.86. The number of hydrogen-bond acceptors (Lipinski definition) is 1. The zero-order valence-electron chi connectivity index (χ0n) is 6.45. The number of unbranched alkanes of at least 4 members (excludes halogenated alkanes) is 1. The number of carboxylic acid groups (broad SMARTS) is 1. The topological polar surface area (TPSA) is 37.3 Å². The van der Waals surface area contributed by atoms with Crippen LogP contribution in [0.4, 0.5) is 0 Å². The van der Waals surface area contributed by atoms with Crippen molar-refractivity contribution in [3.63, 3.8) is 0 Å². The molecule has 68 valence electrons. The van der Waals surface area contributed by atoms with E-state index in [0.717, 1.165) is 12.8 Å². The quantitative estimate of drug-likeness (QED) is 0.560. The van der Waals surface area contributed by atoms with E-state index in [-0.39, 0.29) is 31.2 Å². The largest absolute Gasteiger partial charge is 0.481 e. The minimum absolute atomic E-state index is 0. The van der Waals surface area contributed by atoms with Crippen LogP contribution in [0.1, 0.15) is 26.2 Å². The zero-order chi connectivity index (χ0) is 7.11. The Bertz CT molecular complexity index is 113. The molecule has 0 atom stereocenters. The number of aliphatic carboxylic acids is 1. The number of carbonyl (C=O) groups is 1. The summed E-state index contributed by atoms with van der Waals surface area (Å²) in [5.74, 6) is -0.709. The third kappa shape index (κ3) is 17.7. The third-order valence-corrected chi connectivity index (χ3v) is 0.997. The summed E-state index contributed by atoms with van der Waals surface area (Å²) in [7, 11) is 0. The van der Waals surface area contributed by atoms with Crippen molar-refractivity contribution in [2.45, 2.75) is 26.2 Å². The molecule has 0 heterocycles. The summed E-state index contributed by atoms with van der Waals surface area (Å²) in [5.41, 5.74) is 0. The molecule has 0 radical (unpaired) electrons. The molecule has 0 rings (SSSR count). The van der Waals surface area contributed by atoms with E-state index in [1.165, 1.54) is 0 Å². The van der Waals surface area contributed by atoms with E-state index in [0.29, 0.717) is 0 Å². The van der Waals surface area contributed by atoms with Gasteiger partial charge in [0, 0.05) is 6.42 Å².